The molecule has 0 spiro atoms. The average molecular weight is 365 g/mol. The minimum atomic E-state index is -3.18. The van der Waals surface area contributed by atoms with Crippen LogP contribution in [0, 0.1) is 0 Å². The first kappa shape index (κ1) is 17.9. The van der Waals surface area contributed by atoms with Crippen LogP contribution in [0.3, 0.4) is 0 Å². The first-order valence-corrected chi connectivity index (χ1v) is 10.2. The lowest BCUT2D eigenvalue weighted by Gasteiger charge is -2.34. The second-order valence-electron chi connectivity index (χ2n) is 6.40. The van der Waals surface area contributed by atoms with Crippen LogP contribution in [0.25, 0.3) is 0 Å². The smallest absolute Gasteiger partial charge is 0.227 e. The highest BCUT2D eigenvalue weighted by Gasteiger charge is 2.27. The number of aryl methyl sites for hydroxylation is 1. The Kier molecular flexibility index (Phi) is 5.10. The Morgan fingerprint density at radius 1 is 1.16 bits per heavy atom. The van der Waals surface area contributed by atoms with Crippen LogP contribution in [0.2, 0.25) is 0 Å². The summed E-state index contributed by atoms with van der Waals surface area (Å²) in [7, 11) is -3.18. The maximum Gasteiger partial charge on any atom is 0.227 e. The lowest BCUT2D eigenvalue weighted by atomic mass is 9.99. The van der Waals surface area contributed by atoms with Crippen molar-refractivity contribution in [3.05, 3.63) is 29.3 Å². The number of amides is 2. The normalized spacial score (nSPS) is 18.6. The van der Waals surface area contributed by atoms with E-state index in [4.69, 9.17) is 0 Å². The zero-order valence-electron chi connectivity index (χ0n) is 14.3. The van der Waals surface area contributed by atoms with E-state index in [9.17, 15) is 18.0 Å². The van der Waals surface area contributed by atoms with Gasteiger partial charge in [0, 0.05) is 38.3 Å². The Hall–Kier alpha value is -1.93. The minimum absolute atomic E-state index is 0.00772. The number of fused-ring (bicyclic) bond motifs is 1. The fourth-order valence-corrected chi connectivity index (χ4v) is 4.32. The van der Waals surface area contributed by atoms with E-state index in [1.807, 2.05) is 18.2 Å². The number of carbonyl (C=O) groups excluding carboxylic acids is 2. The molecular formula is C17H23N3O4S. The molecule has 1 aromatic carbocycles. The monoisotopic (exact) mass is 365 g/mol. The van der Waals surface area contributed by atoms with Gasteiger partial charge >= 0.3 is 0 Å². The summed E-state index contributed by atoms with van der Waals surface area (Å²) >= 11 is 0. The van der Waals surface area contributed by atoms with Crippen LogP contribution < -0.4 is 5.32 Å². The summed E-state index contributed by atoms with van der Waals surface area (Å²) in [6.45, 7) is 3.21. The van der Waals surface area contributed by atoms with Gasteiger partial charge in [0.1, 0.15) is 0 Å². The van der Waals surface area contributed by atoms with E-state index in [0.29, 0.717) is 45.4 Å². The second-order valence-corrected chi connectivity index (χ2v) is 8.65. The molecule has 1 aromatic rings. The maximum absolute atomic E-state index is 12.5. The van der Waals surface area contributed by atoms with Crippen molar-refractivity contribution in [3.63, 3.8) is 0 Å². The Morgan fingerprint density at radius 2 is 1.88 bits per heavy atom. The number of piperazine rings is 1. The Balaban J connectivity index is 1.59. The van der Waals surface area contributed by atoms with E-state index in [2.05, 4.69) is 5.32 Å². The summed E-state index contributed by atoms with van der Waals surface area (Å²) < 4.78 is 25.2. The third kappa shape index (κ3) is 4.01. The number of rotatable bonds is 4. The van der Waals surface area contributed by atoms with Crippen LogP contribution in [0.15, 0.2) is 18.2 Å². The van der Waals surface area contributed by atoms with E-state index in [1.165, 1.54) is 4.31 Å². The minimum Gasteiger partial charge on any atom is -0.340 e. The maximum atomic E-state index is 12.5. The molecule has 8 heteroatoms. The molecule has 1 saturated heterocycles. The molecule has 2 heterocycles. The zero-order chi connectivity index (χ0) is 18.0. The molecule has 0 saturated carbocycles. The van der Waals surface area contributed by atoms with Crippen LogP contribution in [0.1, 0.15) is 24.5 Å². The molecule has 136 valence electrons. The molecule has 3 rings (SSSR count). The Morgan fingerprint density at radius 3 is 2.56 bits per heavy atom. The molecule has 2 aliphatic rings. The van der Waals surface area contributed by atoms with Crippen LogP contribution in [-0.2, 0) is 32.5 Å². The standard InChI is InChI=1S/C17H23N3O4S/c1-2-25(23,24)20-9-7-19(8-10-20)17(22)12-13-3-5-15-14(11-13)4-6-16(21)18-15/h3,5,11H,2,4,6-10,12H2,1H3,(H,18,21). The highest BCUT2D eigenvalue weighted by molar-refractivity contribution is 7.89. The molecule has 2 amide bonds. The van der Waals surface area contributed by atoms with Gasteiger partial charge < -0.3 is 10.2 Å². The van der Waals surface area contributed by atoms with Crippen LogP contribution in [0.5, 0.6) is 0 Å². The fourth-order valence-electron chi connectivity index (χ4n) is 3.23. The summed E-state index contributed by atoms with van der Waals surface area (Å²) in [6.07, 6.45) is 1.46. The predicted molar refractivity (Wildman–Crippen MR) is 94.7 cm³/mol. The number of nitrogens with zero attached hydrogens (tertiary/aromatic N) is 2. The third-order valence-corrected chi connectivity index (χ3v) is 6.65. The van der Waals surface area contributed by atoms with Gasteiger partial charge in [0.15, 0.2) is 0 Å². The van der Waals surface area contributed by atoms with Crippen LogP contribution in [0.4, 0.5) is 5.69 Å². The number of nitrogens with one attached hydrogen (secondary N) is 1. The van der Waals surface area contributed by atoms with E-state index in [-0.39, 0.29) is 17.6 Å². The Labute approximate surface area is 148 Å². The van der Waals surface area contributed by atoms with Crippen molar-refractivity contribution in [1.29, 1.82) is 0 Å². The highest BCUT2D eigenvalue weighted by Crippen LogP contribution is 2.24. The predicted octanol–water partition coefficient (Wildman–Crippen LogP) is 0.608. The van der Waals surface area contributed by atoms with E-state index < -0.39 is 10.0 Å². The van der Waals surface area contributed by atoms with Crippen LogP contribution in [-0.4, -0.2) is 61.4 Å². The van der Waals surface area contributed by atoms with Crippen LogP contribution >= 0.6 is 0 Å². The van der Waals surface area contributed by atoms with Crippen molar-refractivity contribution >= 4 is 27.5 Å². The number of carbonyl (C=O) groups is 2. The number of sulfonamides is 1. The number of hydrogen-bond acceptors (Lipinski definition) is 4. The molecular weight excluding hydrogens is 342 g/mol. The number of benzene rings is 1. The molecule has 7 nitrogen and oxygen atoms in total. The van der Waals surface area contributed by atoms with Crippen molar-refractivity contribution in [2.75, 3.05) is 37.2 Å². The van der Waals surface area contributed by atoms with Gasteiger partial charge in [0.05, 0.1) is 12.2 Å². The molecule has 0 aliphatic carbocycles. The second kappa shape index (κ2) is 7.13. The van der Waals surface area contributed by atoms with Crippen molar-refractivity contribution < 1.29 is 18.0 Å². The Bertz CT molecular complexity index is 783. The molecule has 0 bridgehead atoms. The lowest BCUT2D eigenvalue weighted by molar-refractivity contribution is -0.131. The lowest BCUT2D eigenvalue weighted by Crippen LogP contribution is -2.51. The van der Waals surface area contributed by atoms with Crippen molar-refractivity contribution in [2.24, 2.45) is 0 Å². The van der Waals surface area contributed by atoms with Gasteiger partial charge in [-0.15, -0.1) is 0 Å². The van der Waals surface area contributed by atoms with Gasteiger partial charge in [-0.2, -0.15) is 4.31 Å². The number of hydrogen-bond donors (Lipinski definition) is 1. The summed E-state index contributed by atoms with van der Waals surface area (Å²) in [5.41, 5.74) is 2.80. The fraction of sp³-hybridized carbons (Fsp3) is 0.529. The van der Waals surface area contributed by atoms with E-state index >= 15 is 0 Å². The summed E-state index contributed by atoms with van der Waals surface area (Å²) in [5, 5.41) is 2.83. The molecule has 1 fully saturated rings. The molecule has 0 radical (unpaired) electrons. The average Bonchev–Trinajstić information content (AvgIpc) is 2.62. The SMILES string of the molecule is CCS(=O)(=O)N1CCN(C(=O)Cc2ccc3c(c2)CCC(=O)N3)CC1. The molecule has 0 aromatic heterocycles. The van der Waals surface area contributed by atoms with Crippen molar-refractivity contribution in [2.45, 2.75) is 26.2 Å². The largest absolute Gasteiger partial charge is 0.340 e. The zero-order valence-corrected chi connectivity index (χ0v) is 15.1. The van der Waals surface area contributed by atoms with E-state index in [1.54, 1.807) is 11.8 Å². The molecule has 25 heavy (non-hydrogen) atoms. The van der Waals surface area contributed by atoms with Gasteiger partial charge in [-0.25, -0.2) is 8.42 Å². The van der Waals surface area contributed by atoms with Crippen molar-refractivity contribution in [1.82, 2.24) is 9.21 Å². The first-order valence-electron chi connectivity index (χ1n) is 8.56. The van der Waals surface area contributed by atoms with Gasteiger partial charge in [0.2, 0.25) is 21.8 Å². The van der Waals surface area contributed by atoms with Gasteiger partial charge in [-0.1, -0.05) is 12.1 Å². The summed E-state index contributed by atoms with van der Waals surface area (Å²) in [4.78, 5) is 25.6. The van der Waals surface area contributed by atoms with Crippen molar-refractivity contribution in [3.8, 4) is 0 Å². The topological polar surface area (TPSA) is 86.8 Å². The van der Waals surface area contributed by atoms with Gasteiger partial charge in [-0.3, -0.25) is 9.59 Å². The molecule has 0 atom stereocenters. The third-order valence-electron chi connectivity index (χ3n) is 4.77. The first-order chi connectivity index (χ1) is 11.9. The molecule has 0 unspecified atom stereocenters. The summed E-state index contributed by atoms with van der Waals surface area (Å²) in [5.74, 6) is 0.122. The summed E-state index contributed by atoms with van der Waals surface area (Å²) in [6, 6.07) is 5.69. The quantitative estimate of drug-likeness (QED) is 0.847. The molecule has 1 N–H and O–H groups in total. The van der Waals surface area contributed by atoms with Gasteiger partial charge in [-0.05, 0) is 30.5 Å². The molecule has 2 aliphatic heterocycles. The van der Waals surface area contributed by atoms with E-state index in [0.717, 1.165) is 16.8 Å². The highest BCUT2D eigenvalue weighted by atomic mass is 32.2. The van der Waals surface area contributed by atoms with Gasteiger partial charge in [0.25, 0.3) is 0 Å². The number of anilines is 1.